The lowest BCUT2D eigenvalue weighted by Gasteiger charge is -2.11. The van der Waals surface area contributed by atoms with E-state index in [1.807, 2.05) is 13.0 Å². The molecule has 4 aromatic carbocycles. The van der Waals surface area contributed by atoms with Crippen LogP contribution in [0.2, 0.25) is 10.0 Å². The number of amides is 2. The molecule has 0 saturated carbocycles. The van der Waals surface area contributed by atoms with Crippen molar-refractivity contribution in [3.63, 3.8) is 0 Å². The van der Waals surface area contributed by atoms with Crippen molar-refractivity contribution in [2.45, 2.75) is 6.92 Å². The second kappa shape index (κ2) is 14.1. The van der Waals surface area contributed by atoms with Crippen LogP contribution >= 0.6 is 23.2 Å². The quantitative estimate of drug-likeness (QED) is 0.111. The fourth-order valence-corrected chi connectivity index (χ4v) is 3.78. The molecule has 0 heterocycles. The Morgan fingerprint density at radius 1 is 0.762 bits per heavy atom. The molecule has 0 aliphatic rings. The van der Waals surface area contributed by atoms with E-state index >= 15 is 0 Å². The van der Waals surface area contributed by atoms with Crippen molar-refractivity contribution >= 4 is 53.2 Å². The van der Waals surface area contributed by atoms with Gasteiger partial charge in [0.15, 0.2) is 0 Å². The fourth-order valence-electron chi connectivity index (χ4n) is 3.53. The third-order valence-electron chi connectivity index (χ3n) is 5.64. The largest absolute Gasteiger partial charge is 0.423 e. The van der Waals surface area contributed by atoms with Gasteiger partial charge in [0.25, 0.3) is 11.8 Å². The molecule has 9 nitrogen and oxygen atoms in total. The number of ether oxygens (including phenoxy) is 2. The number of hydrogen-bond acceptors (Lipinski definition) is 7. The third-order valence-corrected chi connectivity index (χ3v) is 6.14. The normalized spacial score (nSPS) is 10.6. The molecule has 4 rings (SSSR count). The number of hydrazone groups is 1. The Hall–Kier alpha value is -4.99. The minimum atomic E-state index is -0.703. The number of hydrogen-bond donors (Lipinski definition) is 2. The van der Waals surface area contributed by atoms with Crippen molar-refractivity contribution < 1.29 is 28.7 Å². The van der Waals surface area contributed by atoms with E-state index in [4.69, 9.17) is 32.7 Å². The number of esters is 2. The van der Waals surface area contributed by atoms with Crippen LogP contribution < -0.4 is 20.2 Å². The number of nitrogens with zero attached hydrogens (tertiary/aromatic N) is 1. The average Bonchev–Trinajstić information content (AvgIpc) is 2.97. The highest BCUT2D eigenvalue weighted by Crippen LogP contribution is 2.26. The molecule has 42 heavy (non-hydrogen) atoms. The summed E-state index contributed by atoms with van der Waals surface area (Å²) in [5.74, 6) is -2.25. The van der Waals surface area contributed by atoms with Crippen molar-refractivity contribution in [2.24, 2.45) is 5.10 Å². The fraction of sp³-hybridized carbons (Fsp3) is 0.0645. The van der Waals surface area contributed by atoms with Crippen molar-refractivity contribution in [1.82, 2.24) is 10.7 Å². The van der Waals surface area contributed by atoms with Gasteiger partial charge in [0, 0.05) is 27.2 Å². The van der Waals surface area contributed by atoms with E-state index in [0.29, 0.717) is 15.6 Å². The predicted octanol–water partition coefficient (Wildman–Crippen LogP) is 5.62. The van der Waals surface area contributed by atoms with Gasteiger partial charge >= 0.3 is 11.9 Å². The molecule has 2 amide bonds. The van der Waals surface area contributed by atoms with Crippen LogP contribution in [0.3, 0.4) is 0 Å². The van der Waals surface area contributed by atoms with E-state index in [1.54, 1.807) is 30.3 Å². The summed E-state index contributed by atoms with van der Waals surface area (Å²) in [5, 5.41) is 7.33. The average molecular weight is 604 g/mol. The van der Waals surface area contributed by atoms with Crippen LogP contribution in [-0.4, -0.2) is 36.5 Å². The van der Waals surface area contributed by atoms with Crippen LogP contribution in [0.5, 0.6) is 11.5 Å². The number of nitrogens with one attached hydrogen (secondary N) is 2. The van der Waals surface area contributed by atoms with Gasteiger partial charge in [-0.15, -0.1) is 0 Å². The summed E-state index contributed by atoms with van der Waals surface area (Å²) < 4.78 is 11.0. The van der Waals surface area contributed by atoms with Crippen molar-refractivity contribution in [2.75, 3.05) is 6.54 Å². The van der Waals surface area contributed by atoms with E-state index in [-0.39, 0.29) is 34.7 Å². The smallest absolute Gasteiger partial charge is 0.343 e. The lowest BCUT2D eigenvalue weighted by atomic mass is 10.1. The summed E-state index contributed by atoms with van der Waals surface area (Å²) in [5.41, 5.74) is 4.42. The molecular weight excluding hydrogens is 581 g/mol. The van der Waals surface area contributed by atoms with Crippen molar-refractivity contribution in [3.05, 3.63) is 129 Å². The molecule has 0 radical (unpaired) electrons. The Morgan fingerprint density at radius 3 is 2.00 bits per heavy atom. The number of carbonyl (C=O) groups excluding carboxylic acids is 4. The van der Waals surface area contributed by atoms with Crippen LogP contribution in [0.1, 0.15) is 42.2 Å². The number of aryl methyl sites for hydroxylation is 1. The van der Waals surface area contributed by atoms with Crippen molar-refractivity contribution in [3.8, 4) is 11.5 Å². The maximum atomic E-state index is 12.8. The van der Waals surface area contributed by atoms with E-state index in [9.17, 15) is 19.2 Å². The highest BCUT2D eigenvalue weighted by Gasteiger charge is 2.15. The number of halogens is 2. The monoisotopic (exact) mass is 603 g/mol. The Bertz CT molecular complexity index is 1650. The van der Waals surface area contributed by atoms with Gasteiger partial charge < -0.3 is 14.8 Å². The third kappa shape index (κ3) is 8.50. The molecule has 0 spiro atoms. The molecule has 0 unspecified atom stereocenters. The van der Waals surface area contributed by atoms with Crippen LogP contribution in [0.4, 0.5) is 0 Å². The predicted molar refractivity (Wildman–Crippen MR) is 159 cm³/mol. The molecule has 0 saturated heterocycles. The number of rotatable bonds is 9. The minimum Gasteiger partial charge on any atom is -0.423 e. The Labute approximate surface area is 251 Å². The Balaban J connectivity index is 1.46. The van der Waals surface area contributed by atoms with Gasteiger partial charge in [0.05, 0.1) is 23.9 Å². The summed E-state index contributed by atoms with van der Waals surface area (Å²) in [6, 6.07) is 23.5. The van der Waals surface area contributed by atoms with E-state index in [1.165, 1.54) is 60.8 Å². The molecular formula is C31H23Cl2N3O6. The summed E-state index contributed by atoms with van der Waals surface area (Å²) in [6.45, 7) is 1.54. The van der Waals surface area contributed by atoms with E-state index < -0.39 is 23.8 Å². The van der Waals surface area contributed by atoms with Gasteiger partial charge in [-0.2, -0.15) is 5.10 Å². The second-order valence-electron chi connectivity index (χ2n) is 8.84. The van der Waals surface area contributed by atoms with Gasteiger partial charge in [-0.1, -0.05) is 40.9 Å². The molecule has 0 aliphatic heterocycles. The second-order valence-corrected chi connectivity index (χ2v) is 9.71. The van der Waals surface area contributed by atoms with E-state index in [0.717, 1.165) is 5.56 Å². The van der Waals surface area contributed by atoms with Gasteiger partial charge in [0.2, 0.25) is 0 Å². The molecule has 212 valence electrons. The van der Waals surface area contributed by atoms with Crippen molar-refractivity contribution in [1.29, 1.82) is 0 Å². The maximum absolute atomic E-state index is 12.8. The zero-order valence-electron chi connectivity index (χ0n) is 22.1. The van der Waals surface area contributed by atoms with Crippen LogP contribution in [-0.2, 0) is 4.79 Å². The van der Waals surface area contributed by atoms with Gasteiger partial charge in [-0.3, -0.25) is 9.59 Å². The number of carbonyl (C=O) groups is 4. The number of benzene rings is 4. The maximum Gasteiger partial charge on any atom is 0.343 e. The molecule has 0 aromatic heterocycles. The van der Waals surface area contributed by atoms with Gasteiger partial charge in [-0.25, -0.2) is 15.0 Å². The SMILES string of the molecule is Cc1cccc(C(=O)NCC(=O)N/N=C\c2ccc(OC(=O)c3ccc(Cl)cc3)cc2OC(=O)c2ccc(Cl)cc2)c1. The first-order chi connectivity index (χ1) is 20.2. The summed E-state index contributed by atoms with van der Waals surface area (Å²) in [4.78, 5) is 49.9. The summed E-state index contributed by atoms with van der Waals surface area (Å²) in [7, 11) is 0. The molecule has 0 bridgehead atoms. The van der Waals surface area contributed by atoms with Gasteiger partial charge in [-0.05, 0) is 79.7 Å². The molecule has 0 aliphatic carbocycles. The van der Waals surface area contributed by atoms with Gasteiger partial charge in [0.1, 0.15) is 11.5 Å². The zero-order valence-corrected chi connectivity index (χ0v) is 23.6. The molecule has 4 aromatic rings. The summed E-state index contributed by atoms with van der Waals surface area (Å²) in [6.07, 6.45) is 1.25. The lowest BCUT2D eigenvalue weighted by molar-refractivity contribution is -0.120. The van der Waals surface area contributed by atoms with Crippen LogP contribution in [0.15, 0.2) is 96.1 Å². The minimum absolute atomic E-state index is 0.00195. The first kappa shape index (κ1) is 30.0. The lowest BCUT2D eigenvalue weighted by Crippen LogP contribution is -2.34. The Kier molecular flexibility index (Phi) is 10.0. The molecule has 0 atom stereocenters. The topological polar surface area (TPSA) is 123 Å². The molecule has 11 heteroatoms. The molecule has 2 N–H and O–H groups in total. The van der Waals surface area contributed by atoms with E-state index in [2.05, 4.69) is 15.8 Å². The zero-order chi connectivity index (χ0) is 30.1. The van der Waals surface area contributed by atoms with Crippen LogP contribution in [0, 0.1) is 6.92 Å². The van der Waals surface area contributed by atoms with Crippen LogP contribution in [0.25, 0.3) is 0 Å². The standard InChI is InChI=1S/C31H23Cl2N3O6/c1-19-3-2-4-22(15-19)29(38)34-18-28(37)36-35-17-23-9-14-26(41-30(39)20-5-10-24(32)11-6-20)16-27(23)42-31(40)21-7-12-25(33)13-8-21/h2-17H,18H2,1H3,(H,34,38)(H,36,37)/b35-17-. The first-order valence-corrected chi connectivity index (χ1v) is 13.2. The highest BCUT2D eigenvalue weighted by molar-refractivity contribution is 6.31. The summed E-state index contributed by atoms with van der Waals surface area (Å²) >= 11 is 11.8. The molecule has 0 fully saturated rings. The Morgan fingerprint density at radius 2 is 1.38 bits per heavy atom. The first-order valence-electron chi connectivity index (χ1n) is 12.4. The highest BCUT2D eigenvalue weighted by atomic mass is 35.5.